The molecule has 0 radical (unpaired) electrons. The summed E-state index contributed by atoms with van der Waals surface area (Å²) in [5.41, 5.74) is 2.54. The summed E-state index contributed by atoms with van der Waals surface area (Å²) >= 11 is 0. The van der Waals surface area contributed by atoms with Gasteiger partial charge >= 0.3 is 0 Å². The van der Waals surface area contributed by atoms with E-state index in [1.54, 1.807) is 0 Å². The first-order valence-electron chi connectivity index (χ1n) is 5.40. The van der Waals surface area contributed by atoms with Crippen molar-refractivity contribution in [3.63, 3.8) is 0 Å². The van der Waals surface area contributed by atoms with Gasteiger partial charge in [-0.3, -0.25) is 5.32 Å². The largest absolute Gasteiger partial charge is 0.295 e. The molecule has 0 saturated carbocycles. The molecule has 2 heteroatoms. The number of rotatable bonds is 4. The maximum absolute atomic E-state index is 8.88. The van der Waals surface area contributed by atoms with E-state index in [0.29, 0.717) is 0 Å². The van der Waals surface area contributed by atoms with Crippen molar-refractivity contribution in [3.8, 4) is 6.07 Å². The summed E-state index contributed by atoms with van der Waals surface area (Å²) in [6.07, 6.45) is 0.840. The lowest BCUT2D eigenvalue weighted by Crippen LogP contribution is -2.29. The van der Waals surface area contributed by atoms with Crippen LogP contribution in [0.2, 0.25) is 0 Å². The molecule has 1 N–H and O–H groups in total. The number of nitriles is 1. The molecule has 0 aliphatic heterocycles. The van der Waals surface area contributed by atoms with E-state index in [9.17, 15) is 0 Å². The van der Waals surface area contributed by atoms with Crippen molar-refractivity contribution in [2.24, 2.45) is 0 Å². The standard InChI is InChI=1S/C13H18N2/c1-4-12(9-14)15-11(3)13-8-6-5-7-10(13)2/h5-8,11-12,15H,4H2,1-3H3/t11-,12?/m1/s1. The van der Waals surface area contributed by atoms with Crippen LogP contribution in [0.1, 0.15) is 37.4 Å². The van der Waals surface area contributed by atoms with E-state index in [1.165, 1.54) is 11.1 Å². The predicted octanol–water partition coefficient (Wildman–Crippen LogP) is 2.95. The third-order valence-electron chi connectivity index (χ3n) is 2.67. The lowest BCUT2D eigenvalue weighted by Gasteiger charge is -2.19. The number of nitrogens with zero attached hydrogens (tertiary/aromatic N) is 1. The first-order valence-corrected chi connectivity index (χ1v) is 5.40. The van der Waals surface area contributed by atoms with Gasteiger partial charge in [-0.1, -0.05) is 31.2 Å². The van der Waals surface area contributed by atoms with Crippen molar-refractivity contribution in [1.29, 1.82) is 5.26 Å². The number of aryl methyl sites for hydroxylation is 1. The maximum Gasteiger partial charge on any atom is 0.0954 e. The second-order valence-corrected chi connectivity index (χ2v) is 3.83. The van der Waals surface area contributed by atoms with Gasteiger partial charge in [0.15, 0.2) is 0 Å². The highest BCUT2D eigenvalue weighted by atomic mass is 14.9. The summed E-state index contributed by atoms with van der Waals surface area (Å²) in [5.74, 6) is 0. The Bertz CT molecular complexity index is 352. The number of hydrogen-bond donors (Lipinski definition) is 1. The molecular weight excluding hydrogens is 184 g/mol. The van der Waals surface area contributed by atoms with E-state index in [-0.39, 0.29) is 12.1 Å². The Kier molecular flexibility index (Phi) is 4.33. The Hall–Kier alpha value is -1.33. The summed E-state index contributed by atoms with van der Waals surface area (Å²) in [5, 5.41) is 12.2. The topological polar surface area (TPSA) is 35.8 Å². The summed E-state index contributed by atoms with van der Waals surface area (Å²) < 4.78 is 0. The summed E-state index contributed by atoms with van der Waals surface area (Å²) in [6.45, 7) is 6.22. The normalized spacial score (nSPS) is 14.3. The third-order valence-corrected chi connectivity index (χ3v) is 2.67. The summed E-state index contributed by atoms with van der Waals surface area (Å²) in [7, 11) is 0. The van der Waals surface area contributed by atoms with E-state index < -0.39 is 0 Å². The van der Waals surface area contributed by atoms with E-state index in [1.807, 2.05) is 19.1 Å². The van der Waals surface area contributed by atoms with Crippen LogP contribution >= 0.6 is 0 Å². The molecule has 1 unspecified atom stereocenters. The van der Waals surface area contributed by atoms with Gasteiger partial charge < -0.3 is 0 Å². The zero-order valence-electron chi connectivity index (χ0n) is 9.62. The highest BCUT2D eigenvalue weighted by molar-refractivity contribution is 5.28. The number of nitrogens with one attached hydrogen (secondary N) is 1. The molecule has 15 heavy (non-hydrogen) atoms. The van der Waals surface area contributed by atoms with E-state index in [4.69, 9.17) is 5.26 Å². The van der Waals surface area contributed by atoms with Gasteiger partial charge in [-0.25, -0.2) is 0 Å². The smallest absolute Gasteiger partial charge is 0.0954 e. The average molecular weight is 202 g/mol. The molecule has 2 nitrogen and oxygen atoms in total. The molecule has 0 aromatic heterocycles. The van der Waals surface area contributed by atoms with Crippen molar-refractivity contribution in [1.82, 2.24) is 5.32 Å². The van der Waals surface area contributed by atoms with E-state index in [2.05, 4.69) is 37.4 Å². The van der Waals surface area contributed by atoms with Gasteiger partial charge in [0.1, 0.15) is 0 Å². The molecular formula is C13H18N2. The fraction of sp³-hybridized carbons (Fsp3) is 0.462. The molecule has 0 amide bonds. The Morgan fingerprint density at radius 1 is 1.40 bits per heavy atom. The summed E-state index contributed by atoms with van der Waals surface area (Å²) in [6, 6.07) is 10.7. The molecule has 1 aromatic carbocycles. The fourth-order valence-electron chi connectivity index (χ4n) is 1.71. The van der Waals surface area contributed by atoms with Crippen molar-refractivity contribution in [2.45, 2.75) is 39.3 Å². The summed E-state index contributed by atoms with van der Waals surface area (Å²) in [4.78, 5) is 0. The molecule has 80 valence electrons. The van der Waals surface area contributed by atoms with Gasteiger partial charge in [0.05, 0.1) is 12.1 Å². The van der Waals surface area contributed by atoms with E-state index >= 15 is 0 Å². The van der Waals surface area contributed by atoms with Gasteiger partial charge in [-0.2, -0.15) is 5.26 Å². The Labute approximate surface area is 91.9 Å². The highest BCUT2D eigenvalue weighted by Crippen LogP contribution is 2.17. The van der Waals surface area contributed by atoms with E-state index in [0.717, 1.165) is 6.42 Å². The monoisotopic (exact) mass is 202 g/mol. The highest BCUT2D eigenvalue weighted by Gasteiger charge is 2.11. The Morgan fingerprint density at radius 3 is 2.60 bits per heavy atom. The van der Waals surface area contributed by atoms with Crippen LogP contribution in [-0.2, 0) is 0 Å². The zero-order valence-corrected chi connectivity index (χ0v) is 9.62. The lowest BCUT2D eigenvalue weighted by atomic mass is 10.0. The fourth-order valence-corrected chi connectivity index (χ4v) is 1.71. The zero-order chi connectivity index (χ0) is 11.3. The van der Waals surface area contributed by atoms with Crippen molar-refractivity contribution in [3.05, 3.63) is 35.4 Å². The van der Waals surface area contributed by atoms with Crippen LogP contribution in [-0.4, -0.2) is 6.04 Å². The minimum Gasteiger partial charge on any atom is -0.295 e. The maximum atomic E-state index is 8.88. The van der Waals surface area contributed by atoms with Crippen molar-refractivity contribution >= 4 is 0 Å². The van der Waals surface area contributed by atoms with Gasteiger partial charge in [0, 0.05) is 6.04 Å². The first kappa shape index (κ1) is 11.7. The average Bonchev–Trinajstić information content (AvgIpc) is 2.26. The molecule has 0 bridgehead atoms. The van der Waals surface area contributed by atoms with Crippen LogP contribution in [0.3, 0.4) is 0 Å². The van der Waals surface area contributed by atoms with Crippen molar-refractivity contribution < 1.29 is 0 Å². The van der Waals surface area contributed by atoms with Crippen LogP contribution in [0.5, 0.6) is 0 Å². The van der Waals surface area contributed by atoms with Crippen LogP contribution in [0.25, 0.3) is 0 Å². The lowest BCUT2D eigenvalue weighted by molar-refractivity contribution is 0.507. The van der Waals surface area contributed by atoms with Gasteiger partial charge in [-0.05, 0) is 31.4 Å². The van der Waals surface area contributed by atoms with Crippen LogP contribution in [0.4, 0.5) is 0 Å². The van der Waals surface area contributed by atoms with Gasteiger partial charge in [0.25, 0.3) is 0 Å². The third kappa shape index (κ3) is 3.07. The second kappa shape index (κ2) is 5.53. The molecule has 1 rings (SSSR count). The molecule has 0 aliphatic rings. The molecule has 0 aliphatic carbocycles. The molecule has 0 saturated heterocycles. The van der Waals surface area contributed by atoms with Gasteiger partial charge in [0.2, 0.25) is 0 Å². The quantitative estimate of drug-likeness (QED) is 0.814. The second-order valence-electron chi connectivity index (χ2n) is 3.83. The van der Waals surface area contributed by atoms with Crippen LogP contribution in [0.15, 0.2) is 24.3 Å². The molecule has 1 aromatic rings. The molecule has 0 fully saturated rings. The minimum absolute atomic E-state index is 0.0559. The van der Waals surface area contributed by atoms with Gasteiger partial charge in [-0.15, -0.1) is 0 Å². The Balaban J connectivity index is 2.73. The SMILES string of the molecule is CCC(C#N)N[C@H](C)c1ccccc1C. The molecule has 2 atom stereocenters. The molecule has 0 heterocycles. The number of hydrogen-bond acceptors (Lipinski definition) is 2. The predicted molar refractivity (Wildman–Crippen MR) is 62.4 cm³/mol. The first-order chi connectivity index (χ1) is 7.19. The van der Waals surface area contributed by atoms with Crippen LogP contribution in [0, 0.1) is 18.3 Å². The Morgan fingerprint density at radius 2 is 2.07 bits per heavy atom. The molecule has 0 spiro atoms. The number of benzene rings is 1. The van der Waals surface area contributed by atoms with Crippen molar-refractivity contribution in [2.75, 3.05) is 0 Å². The van der Waals surface area contributed by atoms with Crippen LogP contribution < -0.4 is 5.32 Å². The minimum atomic E-state index is -0.0559.